The molecule has 15 heavy (non-hydrogen) atoms. The van der Waals surface area contributed by atoms with E-state index in [1.54, 1.807) is 38.5 Å². The van der Waals surface area contributed by atoms with E-state index in [1.165, 1.54) is 6.42 Å². The number of hydrogen-bond acceptors (Lipinski definition) is 0. The summed E-state index contributed by atoms with van der Waals surface area (Å²) in [5.41, 5.74) is 0. The number of allylic oxidation sites excluding steroid dienone is 2. The van der Waals surface area contributed by atoms with Gasteiger partial charge in [-0.05, 0) is 67.6 Å². The van der Waals surface area contributed by atoms with E-state index < -0.39 is 0 Å². The molecule has 0 nitrogen and oxygen atoms in total. The van der Waals surface area contributed by atoms with E-state index in [9.17, 15) is 0 Å². The summed E-state index contributed by atoms with van der Waals surface area (Å²) in [5.74, 6) is 6.49. The number of rotatable bonds is 1. The first kappa shape index (κ1) is 8.84. The highest BCUT2D eigenvalue weighted by Gasteiger charge is 2.46. The van der Waals surface area contributed by atoms with Crippen LogP contribution >= 0.6 is 0 Å². The van der Waals surface area contributed by atoms with Crippen LogP contribution in [0.5, 0.6) is 0 Å². The average molecular weight is 202 g/mol. The van der Waals surface area contributed by atoms with Gasteiger partial charge >= 0.3 is 0 Å². The van der Waals surface area contributed by atoms with E-state index >= 15 is 0 Å². The number of hydrogen-bond donors (Lipinski definition) is 0. The van der Waals surface area contributed by atoms with Gasteiger partial charge in [0.05, 0.1) is 0 Å². The predicted molar refractivity (Wildman–Crippen MR) is 62.4 cm³/mol. The molecule has 5 aliphatic carbocycles. The van der Waals surface area contributed by atoms with Gasteiger partial charge in [-0.2, -0.15) is 0 Å². The fraction of sp³-hybridized carbons (Fsp3) is 0.867. The minimum atomic E-state index is 0.987. The zero-order valence-corrected chi connectivity index (χ0v) is 9.57. The molecule has 0 aromatic carbocycles. The Kier molecular flexibility index (Phi) is 1.84. The molecule has 0 heterocycles. The van der Waals surface area contributed by atoms with Crippen LogP contribution in [0.1, 0.15) is 44.9 Å². The molecule has 4 bridgehead atoms. The van der Waals surface area contributed by atoms with Gasteiger partial charge in [-0.25, -0.2) is 0 Å². The highest BCUT2D eigenvalue weighted by molar-refractivity contribution is 5.12. The van der Waals surface area contributed by atoms with Gasteiger partial charge < -0.3 is 0 Å². The maximum Gasteiger partial charge on any atom is -0.0196 e. The van der Waals surface area contributed by atoms with E-state index in [-0.39, 0.29) is 0 Å². The van der Waals surface area contributed by atoms with Gasteiger partial charge in [0, 0.05) is 0 Å². The lowest BCUT2D eigenvalue weighted by molar-refractivity contribution is 0.0475. The molecule has 4 atom stereocenters. The molecular formula is C15H22. The first-order valence-corrected chi connectivity index (χ1v) is 7.08. The highest BCUT2D eigenvalue weighted by Crippen LogP contribution is 2.55. The van der Waals surface area contributed by atoms with Crippen LogP contribution in [0.4, 0.5) is 0 Å². The molecule has 0 radical (unpaired) electrons. The maximum absolute atomic E-state index is 2.56. The van der Waals surface area contributed by atoms with E-state index in [4.69, 9.17) is 0 Å². The Morgan fingerprint density at radius 2 is 1.60 bits per heavy atom. The molecule has 82 valence electrons. The third-order valence-electron chi connectivity index (χ3n) is 5.98. The summed E-state index contributed by atoms with van der Waals surface area (Å²) in [6, 6.07) is 0. The second-order valence-electron chi connectivity index (χ2n) is 6.62. The van der Waals surface area contributed by atoms with Crippen LogP contribution in [0.25, 0.3) is 0 Å². The minimum Gasteiger partial charge on any atom is -0.0851 e. The van der Waals surface area contributed by atoms with Crippen molar-refractivity contribution in [2.75, 3.05) is 0 Å². The predicted octanol–water partition coefficient (Wildman–Crippen LogP) is 4.02. The van der Waals surface area contributed by atoms with Gasteiger partial charge in [0.1, 0.15) is 0 Å². The average Bonchev–Trinajstić information content (AvgIpc) is 2.92. The van der Waals surface area contributed by atoms with E-state index in [2.05, 4.69) is 12.2 Å². The van der Waals surface area contributed by atoms with Gasteiger partial charge in [0.25, 0.3) is 0 Å². The molecule has 5 rings (SSSR count). The van der Waals surface area contributed by atoms with Gasteiger partial charge in [-0.3, -0.25) is 0 Å². The summed E-state index contributed by atoms with van der Waals surface area (Å²) in [4.78, 5) is 0. The van der Waals surface area contributed by atoms with Gasteiger partial charge in [-0.1, -0.05) is 25.0 Å². The molecule has 0 saturated heterocycles. The normalized spacial score (nSPS) is 56.5. The maximum atomic E-state index is 2.56. The van der Waals surface area contributed by atoms with Gasteiger partial charge in [0.2, 0.25) is 0 Å². The summed E-state index contributed by atoms with van der Waals surface area (Å²) >= 11 is 0. The molecule has 4 unspecified atom stereocenters. The lowest BCUT2D eigenvalue weighted by Gasteiger charge is -2.46. The van der Waals surface area contributed by atoms with Crippen molar-refractivity contribution in [3.63, 3.8) is 0 Å². The SMILES string of the molecule is C1=CC2CC1CC2C1CC2CCC1CC2. The third kappa shape index (κ3) is 1.26. The molecule has 0 aromatic rings. The summed E-state index contributed by atoms with van der Waals surface area (Å²) in [5, 5.41) is 0. The quantitative estimate of drug-likeness (QED) is 0.563. The zero-order chi connectivity index (χ0) is 9.83. The largest absolute Gasteiger partial charge is 0.0851 e. The summed E-state index contributed by atoms with van der Waals surface area (Å²) < 4.78 is 0. The summed E-state index contributed by atoms with van der Waals surface area (Å²) in [7, 11) is 0. The number of fused-ring (bicyclic) bond motifs is 5. The second kappa shape index (κ2) is 3.12. The fourth-order valence-electron chi connectivity index (χ4n) is 5.27. The van der Waals surface area contributed by atoms with E-state index in [0.29, 0.717) is 0 Å². The van der Waals surface area contributed by atoms with E-state index in [0.717, 1.165) is 35.5 Å². The second-order valence-corrected chi connectivity index (χ2v) is 6.62. The minimum absolute atomic E-state index is 0.987. The Bertz CT molecular complexity index is 282. The molecular weight excluding hydrogens is 180 g/mol. The molecule has 0 spiro atoms. The molecule has 4 fully saturated rings. The Hall–Kier alpha value is -0.260. The molecule has 0 aromatic heterocycles. The first-order chi connectivity index (χ1) is 7.40. The highest BCUT2D eigenvalue weighted by atomic mass is 14.5. The Morgan fingerprint density at radius 3 is 2.13 bits per heavy atom. The monoisotopic (exact) mass is 202 g/mol. The molecule has 4 saturated carbocycles. The van der Waals surface area contributed by atoms with Gasteiger partial charge in [0.15, 0.2) is 0 Å². The lowest BCUT2D eigenvalue weighted by Crippen LogP contribution is -2.36. The van der Waals surface area contributed by atoms with Crippen LogP contribution in [0.2, 0.25) is 0 Å². The molecule has 0 amide bonds. The Balaban J connectivity index is 1.56. The first-order valence-electron chi connectivity index (χ1n) is 7.08. The van der Waals surface area contributed by atoms with Crippen molar-refractivity contribution in [3.8, 4) is 0 Å². The third-order valence-corrected chi connectivity index (χ3v) is 5.98. The van der Waals surface area contributed by atoms with Crippen molar-refractivity contribution < 1.29 is 0 Å². The lowest BCUT2D eigenvalue weighted by atomic mass is 9.59. The standard InChI is InChI=1S/C15H22/c1-4-12-5-2-10(1)8-14(12)15-9-11-3-6-13(15)7-11/h3,6,10-15H,1-2,4-5,7-9H2. The fourth-order valence-corrected chi connectivity index (χ4v) is 5.27. The van der Waals surface area contributed by atoms with Crippen LogP contribution in [0, 0.1) is 35.5 Å². The topological polar surface area (TPSA) is 0 Å². The van der Waals surface area contributed by atoms with Crippen LogP contribution in [0.15, 0.2) is 12.2 Å². The van der Waals surface area contributed by atoms with Crippen molar-refractivity contribution in [1.82, 2.24) is 0 Å². The zero-order valence-electron chi connectivity index (χ0n) is 9.57. The van der Waals surface area contributed by atoms with Crippen molar-refractivity contribution in [2.45, 2.75) is 44.9 Å². The summed E-state index contributed by atoms with van der Waals surface area (Å²) in [6.07, 6.45) is 16.0. The molecule has 0 N–H and O–H groups in total. The Morgan fingerprint density at radius 1 is 0.733 bits per heavy atom. The van der Waals surface area contributed by atoms with Crippen LogP contribution in [-0.2, 0) is 0 Å². The summed E-state index contributed by atoms with van der Waals surface area (Å²) in [6.45, 7) is 0. The van der Waals surface area contributed by atoms with Crippen molar-refractivity contribution in [2.24, 2.45) is 35.5 Å². The van der Waals surface area contributed by atoms with Gasteiger partial charge in [-0.15, -0.1) is 0 Å². The van der Waals surface area contributed by atoms with Crippen LogP contribution in [0.3, 0.4) is 0 Å². The Labute approximate surface area is 93.1 Å². The molecule has 0 aliphatic heterocycles. The van der Waals surface area contributed by atoms with Crippen LogP contribution < -0.4 is 0 Å². The van der Waals surface area contributed by atoms with Crippen molar-refractivity contribution in [1.29, 1.82) is 0 Å². The van der Waals surface area contributed by atoms with Crippen LogP contribution in [-0.4, -0.2) is 0 Å². The molecule has 5 aliphatic rings. The smallest absolute Gasteiger partial charge is 0.0196 e. The van der Waals surface area contributed by atoms with Crippen molar-refractivity contribution >= 4 is 0 Å². The van der Waals surface area contributed by atoms with Crippen molar-refractivity contribution in [3.05, 3.63) is 12.2 Å². The van der Waals surface area contributed by atoms with E-state index in [1.807, 2.05) is 0 Å². The molecule has 0 heteroatoms.